The quantitative estimate of drug-likeness (QED) is 0.626. The van der Waals surface area contributed by atoms with Crippen molar-refractivity contribution in [2.45, 2.75) is 27.9 Å². The van der Waals surface area contributed by atoms with Crippen molar-refractivity contribution in [3.05, 3.63) is 71.9 Å². The van der Waals surface area contributed by atoms with Gasteiger partial charge in [-0.15, -0.1) is 0 Å². The molecule has 0 fully saturated rings. The van der Waals surface area contributed by atoms with Gasteiger partial charge in [0.05, 0.1) is 0 Å². The number of benzene rings is 2. The summed E-state index contributed by atoms with van der Waals surface area (Å²) in [6, 6.07) is 22.0. The van der Waals surface area contributed by atoms with Gasteiger partial charge in [-0.3, -0.25) is 0 Å². The second-order valence-electron chi connectivity index (χ2n) is 7.26. The molecule has 0 nitrogen and oxygen atoms in total. The van der Waals surface area contributed by atoms with E-state index in [-0.39, 0.29) is 0 Å². The van der Waals surface area contributed by atoms with Crippen molar-refractivity contribution >= 4 is 35.2 Å². The molecule has 0 aromatic heterocycles. The first-order chi connectivity index (χ1) is 9.81. The summed E-state index contributed by atoms with van der Waals surface area (Å²) >= 11 is -2.16. The topological polar surface area (TPSA) is 0 Å². The van der Waals surface area contributed by atoms with Gasteiger partial charge in [0.2, 0.25) is 0 Å². The van der Waals surface area contributed by atoms with Crippen LogP contribution in [-0.2, 0) is 0 Å². The molecule has 2 aromatic rings. The Morgan fingerprint density at radius 3 is 1.76 bits per heavy atom. The van der Waals surface area contributed by atoms with Crippen LogP contribution in [0.3, 0.4) is 0 Å². The van der Waals surface area contributed by atoms with E-state index in [2.05, 4.69) is 94.3 Å². The zero-order valence-corrected chi connectivity index (χ0v) is 17.7. The van der Waals surface area contributed by atoms with Crippen LogP contribution >= 0.6 is 0 Å². The second-order valence-corrected chi connectivity index (χ2v) is 26.0. The summed E-state index contributed by atoms with van der Waals surface area (Å²) in [5, 5.41) is 1.52. The molecule has 0 saturated heterocycles. The van der Waals surface area contributed by atoms with Crippen molar-refractivity contribution < 1.29 is 0 Å². The van der Waals surface area contributed by atoms with Crippen LogP contribution in [0.4, 0.5) is 0 Å². The van der Waals surface area contributed by atoms with Gasteiger partial charge in [0.1, 0.15) is 0 Å². The Morgan fingerprint density at radius 2 is 1.29 bits per heavy atom. The first-order valence-corrected chi connectivity index (χ1v) is 20.7. The van der Waals surface area contributed by atoms with Crippen molar-refractivity contribution in [1.29, 1.82) is 0 Å². The van der Waals surface area contributed by atoms with Gasteiger partial charge in [0, 0.05) is 0 Å². The van der Waals surface area contributed by atoms with Gasteiger partial charge >= 0.3 is 135 Å². The maximum atomic E-state index is 2.66. The van der Waals surface area contributed by atoms with Crippen LogP contribution < -0.4 is 5.19 Å². The van der Waals surface area contributed by atoms with Gasteiger partial charge in [-0.05, 0) is 0 Å². The third-order valence-corrected chi connectivity index (χ3v) is 13.4. The molecular formula is C19H26SiSn. The monoisotopic (exact) mass is 402 g/mol. The molecule has 0 amide bonds. The van der Waals surface area contributed by atoms with Crippen LogP contribution in [0, 0.1) is 0 Å². The predicted molar refractivity (Wildman–Crippen MR) is 101 cm³/mol. The molecule has 21 heavy (non-hydrogen) atoms. The van der Waals surface area contributed by atoms with Crippen LogP contribution in [-0.4, -0.2) is 26.5 Å². The third kappa shape index (κ3) is 4.33. The fourth-order valence-corrected chi connectivity index (χ4v) is 14.9. The van der Waals surface area contributed by atoms with Crippen molar-refractivity contribution in [1.82, 2.24) is 0 Å². The molecule has 110 valence electrons. The van der Waals surface area contributed by atoms with Gasteiger partial charge in [-0.25, -0.2) is 0 Å². The molecule has 0 bridgehead atoms. The summed E-state index contributed by atoms with van der Waals surface area (Å²) < 4.78 is 1.67. The average molecular weight is 401 g/mol. The maximum absolute atomic E-state index is 2.66. The number of hydrogen-bond acceptors (Lipinski definition) is 0. The average Bonchev–Trinajstić information content (AvgIpc) is 2.46. The molecule has 2 heteroatoms. The van der Waals surface area contributed by atoms with E-state index in [0.29, 0.717) is 0 Å². The fourth-order valence-electron chi connectivity index (χ4n) is 2.66. The van der Waals surface area contributed by atoms with E-state index >= 15 is 0 Å². The summed E-state index contributed by atoms with van der Waals surface area (Å²) in [5.41, 5.74) is 4.10. The van der Waals surface area contributed by atoms with E-state index in [9.17, 15) is 0 Å². The first-order valence-electron chi connectivity index (χ1n) is 7.65. The fraction of sp³-hybridized carbons (Fsp3) is 0.263. The van der Waals surface area contributed by atoms with Crippen LogP contribution in [0.1, 0.15) is 5.56 Å². The van der Waals surface area contributed by atoms with E-state index in [4.69, 9.17) is 0 Å². The predicted octanol–water partition coefficient (Wildman–Crippen LogP) is 5.10. The molecule has 0 radical (unpaired) electrons. The zero-order valence-electron chi connectivity index (χ0n) is 13.9. The summed E-state index contributed by atoms with van der Waals surface area (Å²) in [6.45, 7) is 4.92. The van der Waals surface area contributed by atoms with Crippen LogP contribution in [0.5, 0.6) is 0 Å². The Hall–Kier alpha value is -0.804. The first kappa shape index (κ1) is 16.6. The molecule has 0 atom stereocenters. The molecule has 2 aromatic carbocycles. The van der Waals surface area contributed by atoms with Crippen molar-refractivity contribution in [3.8, 4) is 0 Å². The van der Waals surface area contributed by atoms with Gasteiger partial charge in [-0.1, -0.05) is 0 Å². The second kappa shape index (κ2) is 6.53. The van der Waals surface area contributed by atoms with Crippen molar-refractivity contribution in [3.63, 3.8) is 0 Å². The van der Waals surface area contributed by atoms with Crippen LogP contribution in [0.2, 0.25) is 27.9 Å². The normalized spacial score (nSPS) is 13.3. The Bertz CT molecular complexity index is 607. The molecule has 2 rings (SSSR count). The number of hydrogen-bond donors (Lipinski definition) is 0. The van der Waals surface area contributed by atoms with Crippen LogP contribution in [0.15, 0.2) is 66.4 Å². The van der Waals surface area contributed by atoms with E-state index < -0.39 is 26.5 Å². The Labute approximate surface area is 134 Å². The molecule has 0 saturated carbocycles. The van der Waals surface area contributed by atoms with E-state index in [1.54, 1.807) is 3.59 Å². The Balaban J connectivity index is 2.52. The summed E-state index contributed by atoms with van der Waals surface area (Å²) in [6.07, 6.45) is 0. The van der Waals surface area contributed by atoms with E-state index in [1.807, 2.05) is 0 Å². The van der Waals surface area contributed by atoms with Crippen molar-refractivity contribution in [2.75, 3.05) is 0 Å². The molecule has 0 heterocycles. The molecule has 0 aliphatic heterocycles. The zero-order chi connectivity index (χ0) is 15.5. The SMILES string of the molecule is C[Si](C)(/C=[C](\c1ccccc1)[Sn]([CH3])([CH3])[CH3])c1ccccc1. The standard InChI is InChI=1S/C16H17Si.3CH3.Sn/c1-17(2,16-11-7-4-8-12-16)14-13-15-9-5-3-6-10-15;;;;/h3-12,14H,1-2H3;3*1H3;. The van der Waals surface area contributed by atoms with Gasteiger partial charge in [0.15, 0.2) is 0 Å². The molecule has 0 spiro atoms. The summed E-state index contributed by atoms with van der Waals surface area (Å²) in [4.78, 5) is 7.55. The minimum absolute atomic E-state index is 1.44. The van der Waals surface area contributed by atoms with Gasteiger partial charge in [0.25, 0.3) is 0 Å². The van der Waals surface area contributed by atoms with Gasteiger partial charge < -0.3 is 0 Å². The molecule has 0 aliphatic carbocycles. The van der Waals surface area contributed by atoms with Crippen molar-refractivity contribution in [2.24, 2.45) is 0 Å². The summed E-state index contributed by atoms with van der Waals surface area (Å²) in [7, 11) is -1.54. The van der Waals surface area contributed by atoms with E-state index in [1.165, 1.54) is 10.8 Å². The van der Waals surface area contributed by atoms with Gasteiger partial charge in [-0.2, -0.15) is 0 Å². The Morgan fingerprint density at radius 1 is 0.810 bits per heavy atom. The Kier molecular flexibility index (Phi) is 5.15. The van der Waals surface area contributed by atoms with Crippen LogP contribution in [0.25, 0.3) is 3.59 Å². The molecule has 0 unspecified atom stereocenters. The minimum atomic E-state index is -2.16. The molecular weight excluding hydrogens is 375 g/mol. The third-order valence-electron chi connectivity index (χ3n) is 3.92. The summed E-state index contributed by atoms with van der Waals surface area (Å²) in [5.74, 6) is 0. The molecule has 0 N–H and O–H groups in total. The van der Waals surface area contributed by atoms with E-state index in [0.717, 1.165) is 0 Å². The number of rotatable bonds is 4. The molecule has 0 aliphatic rings.